The summed E-state index contributed by atoms with van der Waals surface area (Å²) >= 11 is 1.44. The summed E-state index contributed by atoms with van der Waals surface area (Å²) in [5.74, 6) is -1.49. The van der Waals surface area contributed by atoms with E-state index in [2.05, 4.69) is 10.3 Å². The van der Waals surface area contributed by atoms with Crippen LogP contribution >= 0.6 is 11.3 Å². The predicted octanol–water partition coefficient (Wildman–Crippen LogP) is 2.95. The van der Waals surface area contributed by atoms with Crippen LogP contribution in [0.1, 0.15) is 49.8 Å². The van der Waals surface area contributed by atoms with Crippen molar-refractivity contribution in [2.24, 2.45) is 0 Å². The minimum atomic E-state index is -1.09. The van der Waals surface area contributed by atoms with Gasteiger partial charge in [0.2, 0.25) is 0 Å². The van der Waals surface area contributed by atoms with E-state index in [1.54, 1.807) is 32.2 Å². The quantitative estimate of drug-likeness (QED) is 0.910. The molecule has 1 heterocycles. The zero-order valence-corrected chi connectivity index (χ0v) is 12.8. The molecule has 2 N–H and O–H groups in total. The summed E-state index contributed by atoms with van der Waals surface area (Å²) in [6.45, 7) is 5.24. The Balaban J connectivity index is 2.35. The predicted molar refractivity (Wildman–Crippen MR) is 80.9 cm³/mol. The number of carbonyl (C=O) groups is 2. The lowest BCUT2D eigenvalue weighted by atomic mass is 9.96. The van der Waals surface area contributed by atoms with Gasteiger partial charge < -0.3 is 10.4 Å². The first kappa shape index (κ1) is 15.2. The highest BCUT2D eigenvalue weighted by atomic mass is 32.1. The molecule has 0 radical (unpaired) electrons. The summed E-state index contributed by atoms with van der Waals surface area (Å²) in [7, 11) is 0. The summed E-state index contributed by atoms with van der Waals surface area (Å²) in [5, 5.41) is 14.8. The van der Waals surface area contributed by atoms with Crippen LogP contribution < -0.4 is 5.32 Å². The molecule has 1 aromatic heterocycles. The molecule has 0 fully saturated rings. The molecule has 1 atom stereocenters. The standard InChI is InChI=1S/C15H16N2O3S/c1-8-4-5-9(2)12(15(19)20)11(8)13(18)17-10(3)14-16-6-7-21-14/h4-7,10H,1-3H3,(H,17,18)(H,19,20). The zero-order chi connectivity index (χ0) is 15.6. The Morgan fingerprint density at radius 2 is 1.86 bits per heavy atom. The fourth-order valence-corrected chi connectivity index (χ4v) is 2.80. The SMILES string of the molecule is Cc1ccc(C)c(C(=O)NC(C)c2nccs2)c1C(=O)O. The molecule has 2 rings (SSSR count). The lowest BCUT2D eigenvalue weighted by molar-refractivity contribution is 0.0689. The van der Waals surface area contributed by atoms with Gasteiger partial charge in [-0.25, -0.2) is 9.78 Å². The van der Waals surface area contributed by atoms with E-state index in [-0.39, 0.29) is 17.2 Å². The number of rotatable bonds is 4. The van der Waals surface area contributed by atoms with Crippen LogP contribution in [-0.4, -0.2) is 22.0 Å². The van der Waals surface area contributed by atoms with Crippen LogP contribution in [0.4, 0.5) is 0 Å². The van der Waals surface area contributed by atoms with E-state index in [1.165, 1.54) is 11.3 Å². The van der Waals surface area contributed by atoms with E-state index in [0.29, 0.717) is 11.1 Å². The largest absolute Gasteiger partial charge is 0.478 e. The van der Waals surface area contributed by atoms with Gasteiger partial charge >= 0.3 is 5.97 Å². The fourth-order valence-electron chi connectivity index (χ4n) is 2.16. The Labute approximate surface area is 126 Å². The van der Waals surface area contributed by atoms with Crippen LogP contribution in [0.5, 0.6) is 0 Å². The number of benzene rings is 1. The molecule has 5 nitrogen and oxygen atoms in total. The number of carboxylic acids is 1. The molecule has 0 saturated heterocycles. The number of hydrogen-bond donors (Lipinski definition) is 2. The van der Waals surface area contributed by atoms with Crippen LogP contribution in [0.3, 0.4) is 0 Å². The molecule has 0 spiro atoms. The third-order valence-corrected chi connectivity index (χ3v) is 4.19. The lowest BCUT2D eigenvalue weighted by Gasteiger charge is -2.15. The lowest BCUT2D eigenvalue weighted by Crippen LogP contribution is -2.29. The summed E-state index contributed by atoms with van der Waals surface area (Å²) in [5.41, 5.74) is 1.48. The third-order valence-electron chi connectivity index (χ3n) is 3.23. The van der Waals surface area contributed by atoms with Crippen molar-refractivity contribution in [1.82, 2.24) is 10.3 Å². The molecular formula is C15H16N2O3S. The molecule has 0 aliphatic heterocycles. The number of nitrogens with one attached hydrogen (secondary N) is 1. The Bertz CT molecular complexity index is 680. The van der Waals surface area contributed by atoms with E-state index in [1.807, 2.05) is 12.3 Å². The molecule has 0 bridgehead atoms. The molecular weight excluding hydrogens is 288 g/mol. The van der Waals surface area contributed by atoms with Gasteiger partial charge in [0, 0.05) is 11.6 Å². The van der Waals surface area contributed by atoms with Crippen molar-refractivity contribution >= 4 is 23.2 Å². The first-order chi connectivity index (χ1) is 9.91. The molecule has 110 valence electrons. The van der Waals surface area contributed by atoms with Crippen molar-refractivity contribution in [2.45, 2.75) is 26.8 Å². The zero-order valence-electron chi connectivity index (χ0n) is 12.0. The number of thiazole rings is 1. The van der Waals surface area contributed by atoms with E-state index in [9.17, 15) is 14.7 Å². The molecule has 1 aromatic carbocycles. The normalized spacial score (nSPS) is 12.0. The number of amides is 1. The average Bonchev–Trinajstić information content (AvgIpc) is 2.94. The van der Waals surface area contributed by atoms with Crippen molar-refractivity contribution in [2.75, 3.05) is 0 Å². The van der Waals surface area contributed by atoms with Crippen LogP contribution in [0.25, 0.3) is 0 Å². The Hall–Kier alpha value is -2.21. The molecule has 0 aliphatic rings. The van der Waals surface area contributed by atoms with Crippen molar-refractivity contribution in [3.8, 4) is 0 Å². The first-order valence-electron chi connectivity index (χ1n) is 6.45. The monoisotopic (exact) mass is 304 g/mol. The number of carbonyl (C=O) groups excluding carboxylic acids is 1. The van der Waals surface area contributed by atoms with Crippen molar-refractivity contribution < 1.29 is 14.7 Å². The van der Waals surface area contributed by atoms with Gasteiger partial charge in [0.1, 0.15) is 5.01 Å². The molecule has 6 heteroatoms. The van der Waals surface area contributed by atoms with Crippen LogP contribution in [0.2, 0.25) is 0 Å². The molecule has 21 heavy (non-hydrogen) atoms. The molecule has 2 aromatic rings. The highest BCUT2D eigenvalue weighted by Crippen LogP contribution is 2.21. The van der Waals surface area contributed by atoms with Crippen molar-refractivity contribution in [1.29, 1.82) is 0 Å². The van der Waals surface area contributed by atoms with Gasteiger partial charge in [0.05, 0.1) is 17.2 Å². The number of aryl methyl sites for hydroxylation is 2. The second kappa shape index (κ2) is 6.05. The average molecular weight is 304 g/mol. The van der Waals surface area contributed by atoms with Gasteiger partial charge in [-0.3, -0.25) is 4.79 Å². The second-order valence-electron chi connectivity index (χ2n) is 4.82. The van der Waals surface area contributed by atoms with Gasteiger partial charge in [-0.05, 0) is 31.9 Å². The number of hydrogen-bond acceptors (Lipinski definition) is 4. The minimum absolute atomic E-state index is 0.0545. The van der Waals surface area contributed by atoms with Crippen LogP contribution in [0.15, 0.2) is 23.7 Å². The minimum Gasteiger partial charge on any atom is -0.478 e. The smallest absolute Gasteiger partial charge is 0.336 e. The van der Waals surface area contributed by atoms with E-state index < -0.39 is 11.9 Å². The van der Waals surface area contributed by atoms with Gasteiger partial charge in [-0.2, -0.15) is 0 Å². The highest BCUT2D eigenvalue weighted by molar-refractivity contribution is 7.09. The second-order valence-corrected chi connectivity index (χ2v) is 5.75. The van der Waals surface area contributed by atoms with Gasteiger partial charge in [-0.15, -0.1) is 11.3 Å². The molecule has 1 amide bonds. The summed E-state index contributed by atoms with van der Waals surface area (Å²) in [4.78, 5) is 28.0. The third kappa shape index (κ3) is 3.11. The van der Waals surface area contributed by atoms with Crippen LogP contribution in [-0.2, 0) is 0 Å². The number of carboxylic acid groups (broad SMARTS) is 1. The van der Waals surface area contributed by atoms with Crippen molar-refractivity contribution in [3.05, 3.63) is 51.0 Å². The maximum atomic E-state index is 12.5. The summed E-state index contributed by atoms with van der Waals surface area (Å²) < 4.78 is 0. The number of aromatic nitrogens is 1. The van der Waals surface area contributed by atoms with E-state index in [4.69, 9.17) is 0 Å². The van der Waals surface area contributed by atoms with E-state index >= 15 is 0 Å². The molecule has 0 aliphatic carbocycles. The van der Waals surface area contributed by atoms with Gasteiger partial charge in [-0.1, -0.05) is 12.1 Å². The summed E-state index contributed by atoms with van der Waals surface area (Å²) in [6.07, 6.45) is 1.67. The number of aromatic carboxylic acids is 1. The maximum Gasteiger partial charge on any atom is 0.336 e. The Morgan fingerprint density at radius 3 is 2.38 bits per heavy atom. The summed E-state index contributed by atoms with van der Waals surface area (Å²) in [6, 6.07) is 3.20. The molecule has 0 saturated carbocycles. The Kier molecular flexibility index (Phi) is 4.37. The Morgan fingerprint density at radius 1 is 1.24 bits per heavy atom. The highest BCUT2D eigenvalue weighted by Gasteiger charge is 2.23. The van der Waals surface area contributed by atoms with Gasteiger partial charge in [0.15, 0.2) is 0 Å². The topological polar surface area (TPSA) is 79.3 Å². The van der Waals surface area contributed by atoms with Crippen LogP contribution in [0, 0.1) is 13.8 Å². The van der Waals surface area contributed by atoms with Crippen molar-refractivity contribution in [3.63, 3.8) is 0 Å². The first-order valence-corrected chi connectivity index (χ1v) is 7.33. The number of nitrogens with zero attached hydrogens (tertiary/aromatic N) is 1. The molecule has 1 unspecified atom stereocenters. The van der Waals surface area contributed by atoms with Gasteiger partial charge in [0.25, 0.3) is 5.91 Å². The van der Waals surface area contributed by atoms with E-state index in [0.717, 1.165) is 5.01 Å². The fraction of sp³-hybridized carbons (Fsp3) is 0.267. The maximum absolute atomic E-state index is 12.5.